The zero-order valence-electron chi connectivity index (χ0n) is 15.8. The summed E-state index contributed by atoms with van der Waals surface area (Å²) in [4.78, 5) is 3.65. The molecule has 132 valence electrons. The van der Waals surface area contributed by atoms with E-state index in [0.717, 1.165) is 22.4 Å². The lowest BCUT2D eigenvalue weighted by atomic mass is 10.1. The highest BCUT2D eigenvalue weighted by Crippen LogP contribution is 2.35. The highest BCUT2D eigenvalue weighted by Gasteiger charge is 2.22. The molecule has 2 heterocycles. The number of rotatable bonds is 2. The van der Waals surface area contributed by atoms with Gasteiger partial charge in [-0.3, -0.25) is 0 Å². The van der Waals surface area contributed by atoms with Crippen molar-refractivity contribution >= 4 is 44.2 Å². The molecular weight excluding hydrogens is 330 g/mol. The van der Waals surface area contributed by atoms with E-state index in [1.807, 2.05) is 0 Å². The van der Waals surface area contributed by atoms with Crippen molar-refractivity contribution in [2.75, 3.05) is 5.32 Å². The van der Waals surface area contributed by atoms with Crippen molar-refractivity contribution in [2.24, 2.45) is 7.05 Å². The summed E-state index contributed by atoms with van der Waals surface area (Å²) < 4.78 is 2.29. The maximum Gasteiger partial charge on any atom is 0.240 e. The Labute approximate surface area is 158 Å². The van der Waals surface area contributed by atoms with Gasteiger partial charge in [0, 0.05) is 11.8 Å². The van der Waals surface area contributed by atoms with Crippen LogP contribution in [0.5, 0.6) is 0 Å². The van der Waals surface area contributed by atoms with E-state index in [1.54, 1.807) is 0 Å². The number of anilines is 2. The van der Waals surface area contributed by atoms with Crippen molar-refractivity contribution in [1.82, 2.24) is 4.98 Å². The van der Waals surface area contributed by atoms with Gasteiger partial charge in [-0.05, 0) is 55.3 Å². The third-order valence-corrected chi connectivity index (χ3v) is 5.29. The Morgan fingerprint density at radius 1 is 0.815 bits per heavy atom. The number of para-hydroxylation sites is 2. The molecule has 0 atom stereocenters. The first-order chi connectivity index (χ1) is 13.1. The normalized spacial score (nSPS) is 11.5. The van der Waals surface area contributed by atoms with Crippen LogP contribution in [0.25, 0.3) is 32.8 Å². The number of hydrogen-bond donors (Lipinski definition) is 2. The van der Waals surface area contributed by atoms with Gasteiger partial charge in [-0.1, -0.05) is 30.3 Å². The van der Waals surface area contributed by atoms with Crippen LogP contribution in [0.3, 0.4) is 0 Å². The Bertz CT molecular complexity index is 1310. The minimum absolute atomic E-state index is 1.12. The summed E-state index contributed by atoms with van der Waals surface area (Å²) >= 11 is 0. The van der Waals surface area contributed by atoms with E-state index < -0.39 is 0 Å². The molecular formula is C24H22N3+. The third kappa shape index (κ3) is 2.47. The number of H-pyrrole nitrogens is 1. The second-order valence-corrected chi connectivity index (χ2v) is 7.35. The summed E-state index contributed by atoms with van der Waals surface area (Å²) in [7, 11) is 2.14. The molecule has 3 heteroatoms. The SMILES string of the molecule is Cc1cc(C)cc(Nc2c3ccccc3[n+](C)c3c2[nH]c2ccccc23)c1. The topological polar surface area (TPSA) is 31.7 Å². The number of pyridine rings is 1. The number of nitrogens with zero attached hydrogens (tertiary/aromatic N) is 1. The number of fused-ring (bicyclic) bond motifs is 4. The lowest BCUT2D eigenvalue weighted by molar-refractivity contribution is -0.616. The van der Waals surface area contributed by atoms with Crippen molar-refractivity contribution in [3.8, 4) is 0 Å². The second kappa shape index (κ2) is 5.85. The van der Waals surface area contributed by atoms with E-state index in [4.69, 9.17) is 0 Å². The van der Waals surface area contributed by atoms with Gasteiger partial charge in [0.2, 0.25) is 11.0 Å². The number of benzene rings is 3. The molecule has 0 saturated heterocycles. The predicted octanol–water partition coefficient (Wildman–Crippen LogP) is 5.66. The minimum Gasteiger partial charge on any atom is -0.353 e. The van der Waals surface area contributed by atoms with Crippen LogP contribution in [0.1, 0.15) is 11.1 Å². The highest BCUT2D eigenvalue weighted by atomic mass is 15.0. The Balaban J connectivity index is 1.89. The summed E-state index contributed by atoms with van der Waals surface area (Å²) in [5.74, 6) is 0. The lowest BCUT2D eigenvalue weighted by Crippen LogP contribution is -2.30. The third-order valence-electron chi connectivity index (χ3n) is 5.29. The fourth-order valence-electron chi connectivity index (χ4n) is 4.21. The van der Waals surface area contributed by atoms with Crippen molar-refractivity contribution in [3.05, 3.63) is 77.9 Å². The average Bonchev–Trinajstić information content (AvgIpc) is 3.04. The lowest BCUT2D eigenvalue weighted by Gasteiger charge is -2.12. The molecule has 0 unspecified atom stereocenters. The fourth-order valence-corrected chi connectivity index (χ4v) is 4.21. The molecule has 2 aromatic heterocycles. The first-order valence-corrected chi connectivity index (χ1v) is 9.28. The molecule has 0 amide bonds. The molecule has 5 aromatic rings. The van der Waals surface area contributed by atoms with E-state index in [2.05, 4.69) is 102 Å². The molecule has 3 aromatic carbocycles. The van der Waals surface area contributed by atoms with Crippen molar-refractivity contribution in [3.63, 3.8) is 0 Å². The van der Waals surface area contributed by atoms with E-state index in [9.17, 15) is 0 Å². The zero-order chi connectivity index (χ0) is 18.5. The van der Waals surface area contributed by atoms with Gasteiger partial charge < -0.3 is 10.3 Å². The summed E-state index contributed by atoms with van der Waals surface area (Å²) in [6, 6.07) is 23.7. The number of aromatic nitrogens is 2. The quantitative estimate of drug-likeness (QED) is 0.395. The molecule has 0 spiro atoms. The van der Waals surface area contributed by atoms with E-state index in [0.29, 0.717) is 0 Å². The Hall–Kier alpha value is -3.33. The van der Waals surface area contributed by atoms with Crippen molar-refractivity contribution < 1.29 is 4.57 Å². The monoisotopic (exact) mass is 352 g/mol. The summed E-state index contributed by atoms with van der Waals surface area (Å²) in [5.41, 5.74) is 9.48. The molecule has 0 fully saturated rings. The second-order valence-electron chi connectivity index (χ2n) is 7.35. The largest absolute Gasteiger partial charge is 0.353 e. The molecule has 0 radical (unpaired) electrons. The maximum absolute atomic E-state index is 3.72. The van der Waals surface area contributed by atoms with Crippen molar-refractivity contribution in [2.45, 2.75) is 13.8 Å². The number of aryl methyl sites for hydroxylation is 3. The molecule has 2 N–H and O–H groups in total. The zero-order valence-corrected chi connectivity index (χ0v) is 15.8. The molecule has 0 aliphatic heterocycles. The summed E-state index contributed by atoms with van der Waals surface area (Å²) in [6.45, 7) is 4.28. The van der Waals surface area contributed by atoms with Gasteiger partial charge in [0.25, 0.3) is 0 Å². The van der Waals surface area contributed by atoms with Gasteiger partial charge in [-0.25, -0.2) is 0 Å². The van der Waals surface area contributed by atoms with Crippen LogP contribution in [0.2, 0.25) is 0 Å². The van der Waals surface area contributed by atoms with Crippen LogP contribution in [-0.2, 0) is 7.05 Å². The van der Waals surface area contributed by atoms with Crippen LogP contribution in [0.15, 0.2) is 66.7 Å². The Morgan fingerprint density at radius 3 is 2.26 bits per heavy atom. The van der Waals surface area contributed by atoms with Gasteiger partial charge in [0.05, 0.1) is 22.0 Å². The standard InChI is InChI=1S/C24H21N3/c1-15-12-16(2)14-17(13-15)25-22-19-9-5-7-11-21(19)27(3)24-18-8-4-6-10-20(18)26-23(22)24/h4-14H,1-3H3,(H,25,26)/p+1. The maximum atomic E-state index is 3.72. The average molecular weight is 352 g/mol. The van der Waals surface area contributed by atoms with Crippen LogP contribution in [0, 0.1) is 13.8 Å². The van der Waals surface area contributed by atoms with E-state index in [1.165, 1.54) is 32.9 Å². The molecule has 0 bridgehead atoms. The van der Waals surface area contributed by atoms with Gasteiger partial charge >= 0.3 is 0 Å². The summed E-state index contributed by atoms with van der Waals surface area (Å²) in [5, 5.41) is 6.16. The van der Waals surface area contributed by atoms with Gasteiger partial charge in [-0.15, -0.1) is 0 Å². The van der Waals surface area contributed by atoms with Crippen LogP contribution in [0.4, 0.5) is 11.4 Å². The summed E-state index contributed by atoms with van der Waals surface area (Å²) in [6.07, 6.45) is 0. The first-order valence-electron chi connectivity index (χ1n) is 9.28. The Kier molecular flexibility index (Phi) is 3.44. The van der Waals surface area contributed by atoms with Gasteiger partial charge in [0.15, 0.2) is 0 Å². The molecule has 27 heavy (non-hydrogen) atoms. The predicted molar refractivity (Wildman–Crippen MR) is 114 cm³/mol. The smallest absolute Gasteiger partial charge is 0.240 e. The number of aromatic amines is 1. The van der Waals surface area contributed by atoms with E-state index in [-0.39, 0.29) is 0 Å². The first kappa shape index (κ1) is 15.9. The van der Waals surface area contributed by atoms with Gasteiger partial charge in [0.1, 0.15) is 12.6 Å². The van der Waals surface area contributed by atoms with Crippen LogP contribution < -0.4 is 9.88 Å². The van der Waals surface area contributed by atoms with Crippen LogP contribution in [-0.4, -0.2) is 4.98 Å². The molecule has 5 rings (SSSR count). The Morgan fingerprint density at radius 2 is 1.48 bits per heavy atom. The molecule has 0 aliphatic carbocycles. The van der Waals surface area contributed by atoms with Crippen LogP contribution >= 0.6 is 0 Å². The molecule has 0 aliphatic rings. The number of nitrogens with one attached hydrogen (secondary N) is 2. The van der Waals surface area contributed by atoms with Crippen molar-refractivity contribution in [1.29, 1.82) is 0 Å². The van der Waals surface area contributed by atoms with Gasteiger partial charge in [-0.2, -0.15) is 4.57 Å². The highest BCUT2D eigenvalue weighted by molar-refractivity contribution is 6.13. The number of hydrogen-bond acceptors (Lipinski definition) is 1. The minimum atomic E-state index is 1.12. The fraction of sp³-hybridized carbons (Fsp3) is 0.125. The van der Waals surface area contributed by atoms with E-state index >= 15 is 0 Å². The molecule has 3 nitrogen and oxygen atoms in total. The molecule has 0 saturated carbocycles.